The predicted molar refractivity (Wildman–Crippen MR) is 105 cm³/mol. The van der Waals surface area contributed by atoms with Gasteiger partial charge in [-0.15, -0.1) is 0 Å². The number of pyridine rings is 1. The lowest BCUT2D eigenvalue weighted by molar-refractivity contribution is -0.138. The second-order valence-corrected chi connectivity index (χ2v) is 8.15. The van der Waals surface area contributed by atoms with Crippen molar-refractivity contribution in [1.29, 1.82) is 0 Å². The fourth-order valence-electron chi connectivity index (χ4n) is 3.90. The molecule has 0 N–H and O–H groups in total. The van der Waals surface area contributed by atoms with Crippen molar-refractivity contribution in [1.82, 2.24) is 9.88 Å². The van der Waals surface area contributed by atoms with Crippen molar-refractivity contribution in [3.8, 4) is 0 Å². The van der Waals surface area contributed by atoms with E-state index < -0.39 is 11.7 Å². The van der Waals surface area contributed by atoms with Crippen LogP contribution < -0.4 is 4.90 Å². The Bertz CT molecular complexity index is 929. The fraction of sp³-hybridized carbons (Fsp3) is 0.400. The summed E-state index contributed by atoms with van der Waals surface area (Å²) in [6.07, 6.45) is -2.44. The van der Waals surface area contributed by atoms with Crippen LogP contribution in [0, 0.1) is 5.92 Å². The van der Waals surface area contributed by atoms with Crippen LogP contribution in [0.25, 0.3) is 0 Å². The molecule has 1 aromatic heterocycles. The van der Waals surface area contributed by atoms with Crippen molar-refractivity contribution in [2.24, 2.45) is 5.92 Å². The van der Waals surface area contributed by atoms with Crippen LogP contribution in [-0.2, 0) is 11.0 Å². The van der Waals surface area contributed by atoms with E-state index in [2.05, 4.69) is 4.98 Å². The van der Waals surface area contributed by atoms with E-state index in [0.717, 1.165) is 6.07 Å². The number of nitrogens with zero attached hydrogens (tertiary/aromatic N) is 3. The molecule has 2 unspecified atom stereocenters. The second-order valence-electron chi connectivity index (χ2n) is 7.30. The zero-order valence-corrected chi connectivity index (χ0v) is 16.8. The van der Waals surface area contributed by atoms with Gasteiger partial charge in [-0.3, -0.25) is 4.79 Å². The molecule has 1 saturated heterocycles. The number of hydrogen-bond donors (Lipinski definition) is 0. The third-order valence-corrected chi connectivity index (χ3v) is 5.94. The number of carbonyl (C=O) groups is 1. The van der Waals surface area contributed by atoms with Crippen LogP contribution in [0.2, 0.25) is 10.0 Å². The Kier molecular flexibility index (Phi) is 5.38. The maximum Gasteiger partial charge on any atom is 0.416 e. The molecule has 1 saturated carbocycles. The molecule has 2 fully saturated rings. The van der Waals surface area contributed by atoms with Gasteiger partial charge in [-0.1, -0.05) is 41.4 Å². The molecular formula is C20H18Cl2F3N3O. The Morgan fingerprint density at radius 3 is 2.45 bits per heavy atom. The molecule has 2 atom stereocenters. The highest BCUT2D eigenvalue weighted by Crippen LogP contribution is 2.51. The average molecular weight is 444 g/mol. The van der Waals surface area contributed by atoms with Crippen molar-refractivity contribution < 1.29 is 18.0 Å². The number of aromatic nitrogens is 1. The van der Waals surface area contributed by atoms with Crippen LogP contribution in [0.1, 0.15) is 23.5 Å². The number of carbonyl (C=O) groups excluding carboxylic acids is 1. The van der Waals surface area contributed by atoms with E-state index in [1.165, 1.54) is 18.3 Å². The van der Waals surface area contributed by atoms with Crippen molar-refractivity contribution in [2.45, 2.75) is 18.5 Å². The van der Waals surface area contributed by atoms with E-state index in [0.29, 0.717) is 48.5 Å². The molecule has 1 aliphatic heterocycles. The SMILES string of the molecule is O=C(C1CC1c1ccccc1C(F)(F)F)N1CCN(c2ncc(Cl)cc2Cl)CC1. The number of anilines is 1. The number of amides is 1. The highest BCUT2D eigenvalue weighted by molar-refractivity contribution is 6.36. The molecular weight excluding hydrogens is 426 g/mol. The summed E-state index contributed by atoms with van der Waals surface area (Å²) in [6, 6.07) is 7.15. The first-order chi connectivity index (χ1) is 13.8. The first-order valence-corrected chi connectivity index (χ1v) is 10.0. The second kappa shape index (κ2) is 7.69. The first-order valence-electron chi connectivity index (χ1n) is 9.26. The third-order valence-electron chi connectivity index (χ3n) is 5.45. The topological polar surface area (TPSA) is 36.4 Å². The quantitative estimate of drug-likeness (QED) is 0.679. The van der Waals surface area contributed by atoms with Crippen LogP contribution in [0.4, 0.5) is 19.0 Å². The van der Waals surface area contributed by atoms with E-state index in [1.807, 2.05) is 4.90 Å². The van der Waals surface area contributed by atoms with Gasteiger partial charge in [0.1, 0.15) is 5.82 Å². The lowest BCUT2D eigenvalue weighted by Gasteiger charge is -2.36. The van der Waals surface area contributed by atoms with E-state index in [1.54, 1.807) is 17.0 Å². The summed E-state index contributed by atoms with van der Waals surface area (Å²) >= 11 is 12.1. The summed E-state index contributed by atoms with van der Waals surface area (Å²) in [6.45, 7) is 2.06. The Morgan fingerprint density at radius 1 is 1.10 bits per heavy atom. The number of piperazine rings is 1. The highest BCUT2D eigenvalue weighted by atomic mass is 35.5. The summed E-state index contributed by atoms with van der Waals surface area (Å²) < 4.78 is 39.8. The molecule has 1 aliphatic carbocycles. The van der Waals surface area contributed by atoms with Gasteiger partial charge < -0.3 is 9.80 Å². The van der Waals surface area contributed by atoms with Gasteiger partial charge in [0.05, 0.1) is 15.6 Å². The van der Waals surface area contributed by atoms with Gasteiger partial charge in [-0.25, -0.2) is 4.98 Å². The summed E-state index contributed by atoms with van der Waals surface area (Å²) in [5, 5.41) is 0.898. The molecule has 0 spiro atoms. The van der Waals surface area contributed by atoms with E-state index in [-0.39, 0.29) is 23.3 Å². The Morgan fingerprint density at radius 2 is 1.79 bits per heavy atom. The highest BCUT2D eigenvalue weighted by Gasteiger charge is 2.49. The number of halogens is 5. The maximum absolute atomic E-state index is 13.3. The normalized spacial score (nSPS) is 22.0. The Balaban J connectivity index is 1.39. The molecule has 154 valence electrons. The molecule has 1 amide bonds. The van der Waals surface area contributed by atoms with Gasteiger partial charge in [0, 0.05) is 38.3 Å². The van der Waals surface area contributed by atoms with Crippen molar-refractivity contribution in [2.75, 3.05) is 31.1 Å². The van der Waals surface area contributed by atoms with Gasteiger partial charge in [0.2, 0.25) is 5.91 Å². The molecule has 2 heterocycles. The van der Waals surface area contributed by atoms with Gasteiger partial charge >= 0.3 is 6.18 Å². The van der Waals surface area contributed by atoms with E-state index in [9.17, 15) is 18.0 Å². The lowest BCUT2D eigenvalue weighted by atomic mass is 10.0. The average Bonchev–Trinajstić information content (AvgIpc) is 3.48. The van der Waals surface area contributed by atoms with Crippen molar-refractivity contribution in [3.05, 3.63) is 57.7 Å². The molecule has 2 aromatic rings. The summed E-state index contributed by atoms with van der Waals surface area (Å²) in [5.41, 5.74) is -0.428. The molecule has 2 aliphatic rings. The molecule has 4 rings (SSSR count). The third kappa shape index (κ3) is 4.16. The number of hydrogen-bond acceptors (Lipinski definition) is 3. The minimum Gasteiger partial charge on any atom is -0.352 e. The molecule has 1 aromatic carbocycles. The van der Waals surface area contributed by atoms with Crippen molar-refractivity contribution >= 4 is 34.9 Å². The largest absolute Gasteiger partial charge is 0.416 e. The minimum absolute atomic E-state index is 0.0817. The van der Waals surface area contributed by atoms with Gasteiger partial charge in [-0.2, -0.15) is 13.2 Å². The number of benzene rings is 1. The monoisotopic (exact) mass is 443 g/mol. The van der Waals surface area contributed by atoms with Gasteiger partial charge in [-0.05, 0) is 30.0 Å². The lowest BCUT2D eigenvalue weighted by Crippen LogP contribution is -2.49. The fourth-order valence-corrected chi connectivity index (χ4v) is 4.40. The zero-order chi connectivity index (χ0) is 20.8. The summed E-state index contributed by atoms with van der Waals surface area (Å²) in [4.78, 5) is 20.8. The van der Waals surface area contributed by atoms with Gasteiger partial charge in [0.25, 0.3) is 0 Å². The van der Waals surface area contributed by atoms with Crippen LogP contribution in [0.15, 0.2) is 36.5 Å². The minimum atomic E-state index is -4.41. The standard InChI is InChI=1S/C20H18Cl2F3N3O/c21-12-9-17(22)18(26-11-12)27-5-7-28(8-6-27)19(29)15-10-14(15)13-3-1-2-4-16(13)20(23,24)25/h1-4,9,11,14-15H,5-8,10H2. The van der Waals surface area contributed by atoms with E-state index >= 15 is 0 Å². The van der Waals surface area contributed by atoms with Crippen LogP contribution in [0.3, 0.4) is 0 Å². The molecule has 0 bridgehead atoms. The summed E-state index contributed by atoms with van der Waals surface area (Å²) in [5.74, 6) is -0.221. The number of rotatable bonds is 3. The summed E-state index contributed by atoms with van der Waals surface area (Å²) in [7, 11) is 0. The van der Waals surface area contributed by atoms with Crippen LogP contribution in [0.5, 0.6) is 0 Å². The molecule has 29 heavy (non-hydrogen) atoms. The van der Waals surface area contributed by atoms with Crippen LogP contribution in [-0.4, -0.2) is 42.0 Å². The zero-order valence-electron chi connectivity index (χ0n) is 15.3. The molecule has 9 heteroatoms. The van der Waals surface area contributed by atoms with E-state index in [4.69, 9.17) is 23.2 Å². The Hall–Kier alpha value is -1.99. The number of alkyl halides is 3. The van der Waals surface area contributed by atoms with Gasteiger partial charge in [0.15, 0.2) is 0 Å². The first kappa shape index (κ1) is 20.3. The maximum atomic E-state index is 13.3. The molecule has 0 radical (unpaired) electrons. The van der Waals surface area contributed by atoms with Crippen LogP contribution >= 0.6 is 23.2 Å². The molecule has 4 nitrogen and oxygen atoms in total. The predicted octanol–water partition coefficient (Wildman–Crippen LogP) is 4.86. The Labute approximate surface area is 176 Å². The smallest absolute Gasteiger partial charge is 0.352 e. The van der Waals surface area contributed by atoms with Crippen molar-refractivity contribution in [3.63, 3.8) is 0 Å².